The Labute approximate surface area is 126 Å². The van der Waals surface area contributed by atoms with Crippen LogP contribution >= 0.6 is 11.6 Å². The van der Waals surface area contributed by atoms with Gasteiger partial charge in [-0.1, -0.05) is 18.0 Å². The Morgan fingerprint density at radius 3 is 3.00 bits per heavy atom. The number of rotatable bonds is 4. The molecule has 1 N–H and O–H groups in total. The molecule has 0 spiro atoms. The Hall–Kier alpha value is -0.800. The first-order valence-electron chi connectivity index (χ1n) is 7.91. The molecule has 4 heteroatoms. The van der Waals surface area contributed by atoms with Gasteiger partial charge in [-0.05, 0) is 57.2 Å². The highest BCUT2D eigenvalue weighted by atomic mass is 35.5. The minimum absolute atomic E-state index is 0.768. The number of likely N-dealkylation sites (tertiary alicyclic amines) is 1. The van der Waals surface area contributed by atoms with Crippen molar-refractivity contribution < 1.29 is 0 Å². The topological polar surface area (TPSA) is 28.2 Å². The second-order valence-electron chi connectivity index (χ2n) is 6.03. The van der Waals surface area contributed by atoms with E-state index in [0.29, 0.717) is 0 Å². The van der Waals surface area contributed by atoms with Crippen molar-refractivity contribution in [3.63, 3.8) is 0 Å². The number of pyridine rings is 1. The van der Waals surface area contributed by atoms with E-state index in [-0.39, 0.29) is 0 Å². The third-order valence-corrected chi connectivity index (χ3v) is 5.08. The molecule has 110 valence electrons. The molecule has 3 nitrogen and oxygen atoms in total. The molecule has 2 fully saturated rings. The molecule has 1 aromatic heterocycles. The number of hydrogen-bond acceptors (Lipinski definition) is 3. The van der Waals surface area contributed by atoms with Crippen LogP contribution in [0, 0.1) is 5.92 Å². The molecule has 2 aliphatic rings. The van der Waals surface area contributed by atoms with E-state index in [0.717, 1.165) is 41.6 Å². The lowest BCUT2D eigenvalue weighted by Crippen LogP contribution is -2.42. The van der Waals surface area contributed by atoms with E-state index >= 15 is 0 Å². The van der Waals surface area contributed by atoms with Gasteiger partial charge in [-0.3, -0.25) is 4.90 Å². The summed E-state index contributed by atoms with van der Waals surface area (Å²) in [6, 6.07) is 4.70. The molecule has 1 saturated carbocycles. The molecule has 2 heterocycles. The average molecular weight is 294 g/mol. The summed E-state index contributed by atoms with van der Waals surface area (Å²) in [6.07, 6.45) is 6.91. The minimum atomic E-state index is 0.768. The number of nitrogens with one attached hydrogen (secondary N) is 1. The Morgan fingerprint density at radius 1 is 1.30 bits per heavy atom. The summed E-state index contributed by atoms with van der Waals surface area (Å²) >= 11 is 6.34. The highest BCUT2D eigenvalue weighted by Gasteiger charge is 2.35. The van der Waals surface area contributed by atoms with Crippen molar-refractivity contribution in [3.05, 3.63) is 22.8 Å². The van der Waals surface area contributed by atoms with Crippen molar-refractivity contribution in [2.75, 3.05) is 18.4 Å². The fourth-order valence-electron chi connectivity index (χ4n) is 3.82. The average Bonchev–Trinajstić information content (AvgIpc) is 2.92. The lowest BCUT2D eigenvalue weighted by molar-refractivity contribution is 0.104. The van der Waals surface area contributed by atoms with Gasteiger partial charge in [0.2, 0.25) is 0 Å². The number of halogens is 1. The Kier molecular flexibility index (Phi) is 4.47. The lowest BCUT2D eigenvalue weighted by atomic mass is 9.92. The Bertz CT molecular complexity index is 463. The Morgan fingerprint density at radius 2 is 2.15 bits per heavy atom. The van der Waals surface area contributed by atoms with Crippen LogP contribution in [-0.2, 0) is 6.54 Å². The predicted octanol–water partition coefficient (Wildman–Crippen LogP) is 3.93. The van der Waals surface area contributed by atoms with Crippen LogP contribution in [0.3, 0.4) is 0 Å². The van der Waals surface area contributed by atoms with Gasteiger partial charge < -0.3 is 5.32 Å². The Balaban J connectivity index is 1.74. The molecular weight excluding hydrogens is 270 g/mol. The SMILES string of the molecule is CCNc1ccc(Cl)c(CN2CCCC3CCCC32)n1. The summed E-state index contributed by atoms with van der Waals surface area (Å²) in [5.74, 6) is 1.85. The van der Waals surface area contributed by atoms with Gasteiger partial charge in [-0.15, -0.1) is 0 Å². The van der Waals surface area contributed by atoms with E-state index < -0.39 is 0 Å². The maximum Gasteiger partial charge on any atom is 0.126 e. The highest BCUT2D eigenvalue weighted by molar-refractivity contribution is 6.31. The number of nitrogens with zero attached hydrogens (tertiary/aromatic N) is 2. The zero-order chi connectivity index (χ0) is 13.9. The van der Waals surface area contributed by atoms with Crippen LogP contribution in [0.15, 0.2) is 12.1 Å². The van der Waals surface area contributed by atoms with Gasteiger partial charge in [0, 0.05) is 19.1 Å². The van der Waals surface area contributed by atoms with Gasteiger partial charge in [0.1, 0.15) is 5.82 Å². The summed E-state index contributed by atoms with van der Waals surface area (Å²) in [5.41, 5.74) is 1.03. The van der Waals surface area contributed by atoms with Crippen molar-refractivity contribution in [1.82, 2.24) is 9.88 Å². The molecule has 0 aromatic carbocycles. The van der Waals surface area contributed by atoms with Crippen LogP contribution in [0.5, 0.6) is 0 Å². The molecule has 0 amide bonds. The lowest BCUT2D eigenvalue weighted by Gasteiger charge is -2.37. The van der Waals surface area contributed by atoms with Crippen LogP contribution in [0.2, 0.25) is 5.02 Å². The smallest absolute Gasteiger partial charge is 0.126 e. The van der Waals surface area contributed by atoms with Gasteiger partial charge in [0.05, 0.1) is 10.7 Å². The van der Waals surface area contributed by atoms with Crippen molar-refractivity contribution in [2.45, 2.75) is 51.6 Å². The molecule has 2 unspecified atom stereocenters. The molecule has 1 saturated heterocycles. The van der Waals surface area contributed by atoms with Gasteiger partial charge >= 0.3 is 0 Å². The van der Waals surface area contributed by atoms with Gasteiger partial charge in [-0.2, -0.15) is 0 Å². The van der Waals surface area contributed by atoms with Crippen LogP contribution in [0.25, 0.3) is 0 Å². The maximum absolute atomic E-state index is 6.34. The van der Waals surface area contributed by atoms with E-state index in [1.54, 1.807) is 0 Å². The number of fused-ring (bicyclic) bond motifs is 1. The maximum atomic E-state index is 6.34. The normalized spacial score (nSPS) is 26.5. The van der Waals surface area contributed by atoms with Crippen molar-refractivity contribution in [1.29, 1.82) is 0 Å². The summed E-state index contributed by atoms with van der Waals surface area (Å²) < 4.78 is 0. The zero-order valence-corrected chi connectivity index (χ0v) is 13.0. The second kappa shape index (κ2) is 6.31. The van der Waals surface area contributed by atoms with E-state index in [2.05, 4.69) is 22.1 Å². The first-order valence-corrected chi connectivity index (χ1v) is 8.29. The third-order valence-electron chi connectivity index (χ3n) is 4.74. The molecule has 20 heavy (non-hydrogen) atoms. The second-order valence-corrected chi connectivity index (χ2v) is 6.43. The predicted molar refractivity (Wildman–Crippen MR) is 84.2 cm³/mol. The van der Waals surface area contributed by atoms with E-state index in [4.69, 9.17) is 11.6 Å². The first kappa shape index (κ1) is 14.2. The zero-order valence-electron chi connectivity index (χ0n) is 12.2. The van der Waals surface area contributed by atoms with Gasteiger partial charge in [0.15, 0.2) is 0 Å². The van der Waals surface area contributed by atoms with Gasteiger partial charge in [0.25, 0.3) is 0 Å². The standard InChI is InChI=1S/C16H24ClN3/c1-2-18-16-9-8-13(17)14(19-16)11-20-10-4-6-12-5-3-7-15(12)20/h8-9,12,15H,2-7,10-11H2,1H3,(H,18,19). The summed E-state index contributed by atoms with van der Waals surface area (Å²) in [5, 5.41) is 4.07. The molecule has 1 aromatic rings. The van der Waals surface area contributed by atoms with Crippen molar-refractivity contribution >= 4 is 17.4 Å². The number of piperidine rings is 1. The van der Waals surface area contributed by atoms with E-state index in [1.807, 2.05) is 12.1 Å². The van der Waals surface area contributed by atoms with Crippen LogP contribution < -0.4 is 5.32 Å². The highest BCUT2D eigenvalue weighted by Crippen LogP contribution is 2.37. The van der Waals surface area contributed by atoms with Crippen LogP contribution in [-0.4, -0.2) is 29.0 Å². The molecule has 3 rings (SSSR count). The largest absolute Gasteiger partial charge is 0.370 e. The van der Waals surface area contributed by atoms with Crippen LogP contribution in [0.1, 0.15) is 44.7 Å². The van der Waals surface area contributed by atoms with Crippen LogP contribution in [0.4, 0.5) is 5.82 Å². The fourth-order valence-corrected chi connectivity index (χ4v) is 3.99. The number of aromatic nitrogens is 1. The number of hydrogen-bond donors (Lipinski definition) is 1. The van der Waals surface area contributed by atoms with E-state index in [9.17, 15) is 0 Å². The molecule has 1 aliphatic carbocycles. The first-order chi connectivity index (χ1) is 9.78. The third kappa shape index (κ3) is 2.94. The minimum Gasteiger partial charge on any atom is -0.370 e. The van der Waals surface area contributed by atoms with Gasteiger partial charge in [-0.25, -0.2) is 4.98 Å². The monoisotopic (exact) mass is 293 g/mol. The van der Waals surface area contributed by atoms with Crippen molar-refractivity contribution in [3.8, 4) is 0 Å². The fraction of sp³-hybridized carbons (Fsp3) is 0.688. The molecule has 1 aliphatic heterocycles. The molecule has 2 atom stereocenters. The summed E-state index contributed by atoms with van der Waals surface area (Å²) in [7, 11) is 0. The van der Waals surface area contributed by atoms with Crippen molar-refractivity contribution in [2.24, 2.45) is 5.92 Å². The summed E-state index contributed by atoms with van der Waals surface area (Å²) in [6.45, 7) is 5.08. The molecule has 0 bridgehead atoms. The number of anilines is 1. The quantitative estimate of drug-likeness (QED) is 0.911. The molecular formula is C16H24ClN3. The molecule has 0 radical (unpaired) electrons. The summed E-state index contributed by atoms with van der Waals surface area (Å²) in [4.78, 5) is 7.30. The van der Waals surface area contributed by atoms with E-state index in [1.165, 1.54) is 38.6 Å².